The fourth-order valence-corrected chi connectivity index (χ4v) is 5.39. The van der Waals surface area contributed by atoms with E-state index in [-0.39, 0.29) is 23.5 Å². The summed E-state index contributed by atoms with van der Waals surface area (Å²) in [6, 6.07) is 17.0. The van der Waals surface area contributed by atoms with Gasteiger partial charge in [-0.25, -0.2) is 0 Å². The lowest BCUT2D eigenvalue weighted by Crippen LogP contribution is -2.36. The number of hydrogen-bond donors (Lipinski definition) is 0. The van der Waals surface area contributed by atoms with E-state index in [0.717, 1.165) is 55.3 Å². The van der Waals surface area contributed by atoms with Gasteiger partial charge in [0, 0.05) is 54.7 Å². The number of benzene rings is 2. The van der Waals surface area contributed by atoms with E-state index in [9.17, 15) is 4.79 Å². The molecular formula is C31H33N3O3. The van der Waals surface area contributed by atoms with Crippen LogP contribution in [-0.2, 0) is 34.2 Å². The minimum Gasteiger partial charge on any atom is -0.378 e. The highest BCUT2D eigenvalue weighted by Gasteiger charge is 2.32. The fraction of sp³-hybridized carbons (Fsp3) is 0.387. The van der Waals surface area contributed by atoms with Crippen molar-refractivity contribution in [1.29, 1.82) is 0 Å². The Hall–Kier alpha value is -3.51. The van der Waals surface area contributed by atoms with E-state index < -0.39 is 0 Å². The lowest BCUT2D eigenvalue weighted by atomic mass is 9.93. The van der Waals surface area contributed by atoms with E-state index in [2.05, 4.69) is 67.2 Å². The average Bonchev–Trinajstić information content (AvgIpc) is 3.59. The van der Waals surface area contributed by atoms with Crippen molar-refractivity contribution >= 4 is 22.9 Å². The van der Waals surface area contributed by atoms with Gasteiger partial charge in [0.2, 0.25) is 0 Å². The Labute approximate surface area is 218 Å². The van der Waals surface area contributed by atoms with Crippen LogP contribution in [0.3, 0.4) is 0 Å². The Bertz CT molecular complexity index is 1390. The maximum absolute atomic E-state index is 12.6. The molecule has 2 aromatic carbocycles. The highest BCUT2D eigenvalue weighted by atomic mass is 16.5. The molecule has 6 nitrogen and oxygen atoms in total. The molecule has 1 aromatic heterocycles. The predicted octanol–water partition coefficient (Wildman–Crippen LogP) is 5.30. The van der Waals surface area contributed by atoms with Crippen molar-refractivity contribution in [2.24, 2.45) is 4.99 Å². The average molecular weight is 496 g/mol. The van der Waals surface area contributed by atoms with E-state index in [1.807, 2.05) is 18.2 Å². The van der Waals surface area contributed by atoms with E-state index in [4.69, 9.17) is 14.3 Å². The second-order valence-corrected chi connectivity index (χ2v) is 11.3. The molecule has 6 rings (SSSR count). The van der Waals surface area contributed by atoms with E-state index in [1.165, 1.54) is 22.5 Å². The number of hydrogen-bond acceptors (Lipinski definition) is 6. The molecule has 1 unspecified atom stereocenters. The number of anilines is 1. The number of carbonyl (C=O) groups excluding carboxylic acids is 1. The zero-order valence-corrected chi connectivity index (χ0v) is 21.8. The highest BCUT2D eigenvalue weighted by molar-refractivity contribution is 6.06. The molecule has 37 heavy (non-hydrogen) atoms. The Balaban J connectivity index is 1.10. The number of ketones is 1. The number of nitrogens with zero attached hydrogens (tertiary/aromatic N) is 3. The van der Waals surface area contributed by atoms with Crippen molar-refractivity contribution in [2.45, 2.75) is 51.4 Å². The van der Waals surface area contributed by atoms with Crippen molar-refractivity contribution in [3.63, 3.8) is 0 Å². The van der Waals surface area contributed by atoms with Crippen LogP contribution in [-0.4, -0.2) is 43.0 Å². The molecular weight excluding hydrogens is 462 g/mol. The second kappa shape index (κ2) is 9.42. The van der Waals surface area contributed by atoms with Gasteiger partial charge in [0.15, 0.2) is 0 Å². The first kappa shape index (κ1) is 23.9. The summed E-state index contributed by atoms with van der Waals surface area (Å²) in [4.78, 5) is 20.0. The van der Waals surface area contributed by atoms with Crippen LogP contribution in [0.2, 0.25) is 0 Å². The molecule has 190 valence electrons. The molecule has 6 heteroatoms. The van der Waals surface area contributed by atoms with Crippen LogP contribution in [0.1, 0.15) is 60.4 Å². The summed E-state index contributed by atoms with van der Waals surface area (Å²) < 4.78 is 10.9. The smallest absolute Gasteiger partial charge is 0.143 e. The Morgan fingerprint density at radius 3 is 2.54 bits per heavy atom. The van der Waals surface area contributed by atoms with Crippen molar-refractivity contribution in [3.8, 4) is 0 Å². The molecule has 1 aliphatic carbocycles. The van der Waals surface area contributed by atoms with Gasteiger partial charge in [-0.05, 0) is 40.5 Å². The highest BCUT2D eigenvalue weighted by Crippen LogP contribution is 2.41. The third kappa shape index (κ3) is 4.90. The third-order valence-electron chi connectivity index (χ3n) is 7.48. The third-order valence-corrected chi connectivity index (χ3v) is 7.48. The molecule has 0 saturated carbocycles. The number of fused-ring (bicyclic) bond motifs is 3. The van der Waals surface area contributed by atoms with Crippen LogP contribution in [0.25, 0.3) is 5.70 Å². The summed E-state index contributed by atoms with van der Waals surface area (Å²) >= 11 is 0. The van der Waals surface area contributed by atoms with E-state index in [1.54, 1.807) is 0 Å². The predicted molar refractivity (Wildman–Crippen MR) is 145 cm³/mol. The van der Waals surface area contributed by atoms with Gasteiger partial charge in [-0.1, -0.05) is 56.3 Å². The SMILES string of the molecule is CC(C)(C)c1cc(CC(=O)Cc2ccc(C3=CC4C(=N3)Cc3cc(N5CCOCC5)ccc34)cc2)no1. The summed E-state index contributed by atoms with van der Waals surface area (Å²) in [7, 11) is 0. The molecule has 1 saturated heterocycles. The van der Waals surface area contributed by atoms with Crippen LogP contribution in [0.15, 0.2) is 64.1 Å². The van der Waals surface area contributed by atoms with Gasteiger partial charge in [0.25, 0.3) is 0 Å². The van der Waals surface area contributed by atoms with E-state index in [0.29, 0.717) is 12.1 Å². The normalized spacial score (nSPS) is 18.9. The fourth-order valence-electron chi connectivity index (χ4n) is 5.39. The van der Waals surface area contributed by atoms with E-state index >= 15 is 0 Å². The van der Waals surface area contributed by atoms with Gasteiger partial charge in [-0.3, -0.25) is 9.79 Å². The summed E-state index contributed by atoms with van der Waals surface area (Å²) in [6.07, 6.45) is 3.86. The topological polar surface area (TPSA) is 67.9 Å². The summed E-state index contributed by atoms with van der Waals surface area (Å²) in [5, 5.41) is 4.08. The van der Waals surface area contributed by atoms with Gasteiger partial charge in [-0.15, -0.1) is 0 Å². The van der Waals surface area contributed by atoms with Crippen molar-refractivity contribution in [3.05, 3.63) is 88.3 Å². The number of carbonyl (C=O) groups is 1. The van der Waals surface area contributed by atoms with Crippen molar-refractivity contribution in [1.82, 2.24) is 5.16 Å². The summed E-state index contributed by atoms with van der Waals surface area (Å²) in [5.74, 6) is 1.20. The summed E-state index contributed by atoms with van der Waals surface area (Å²) in [6.45, 7) is 9.70. The maximum atomic E-state index is 12.6. The minimum absolute atomic E-state index is 0.116. The van der Waals surface area contributed by atoms with Gasteiger partial charge in [-0.2, -0.15) is 0 Å². The molecule has 1 atom stereocenters. The Kier molecular flexibility index (Phi) is 6.07. The number of Topliss-reactive ketones (excluding diaryl/α,β-unsaturated/α-hetero) is 1. The van der Waals surface area contributed by atoms with Crippen LogP contribution in [0, 0.1) is 0 Å². The van der Waals surface area contributed by atoms with Gasteiger partial charge in [0.1, 0.15) is 11.5 Å². The molecule has 0 N–H and O–H groups in total. The molecule has 3 aromatic rings. The Morgan fingerprint density at radius 2 is 1.81 bits per heavy atom. The second-order valence-electron chi connectivity index (χ2n) is 11.3. The number of aromatic nitrogens is 1. The van der Waals surface area contributed by atoms with Crippen molar-refractivity contribution in [2.75, 3.05) is 31.2 Å². The zero-order chi connectivity index (χ0) is 25.6. The molecule has 0 radical (unpaired) electrons. The van der Waals surface area contributed by atoms with Crippen LogP contribution in [0.4, 0.5) is 5.69 Å². The first-order valence-corrected chi connectivity index (χ1v) is 13.2. The van der Waals surface area contributed by atoms with Gasteiger partial charge < -0.3 is 14.2 Å². The van der Waals surface area contributed by atoms with Gasteiger partial charge >= 0.3 is 0 Å². The van der Waals surface area contributed by atoms with Crippen LogP contribution in [0.5, 0.6) is 0 Å². The largest absolute Gasteiger partial charge is 0.378 e. The lowest BCUT2D eigenvalue weighted by molar-refractivity contribution is -0.117. The van der Waals surface area contributed by atoms with Crippen LogP contribution >= 0.6 is 0 Å². The number of allylic oxidation sites excluding steroid dienone is 1. The molecule has 3 aliphatic rings. The van der Waals surface area contributed by atoms with Crippen LogP contribution < -0.4 is 4.90 Å². The lowest BCUT2D eigenvalue weighted by Gasteiger charge is -2.29. The maximum Gasteiger partial charge on any atom is 0.143 e. The first-order valence-electron chi connectivity index (χ1n) is 13.2. The van der Waals surface area contributed by atoms with Crippen molar-refractivity contribution < 1.29 is 14.1 Å². The standard InChI is InChI=1S/C31H33N3O3/c1-31(2,3)30-18-23(33-37-30)17-25(35)14-20-4-6-21(7-5-20)28-19-27-26-9-8-24(34-10-12-36-13-11-34)15-22(26)16-29(27)32-28/h4-9,15,18-19,27H,10-14,16-17H2,1-3H3. The molecule has 0 amide bonds. The monoisotopic (exact) mass is 495 g/mol. The number of morpholine rings is 1. The van der Waals surface area contributed by atoms with Gasteiger partial charge in [0.05, 0.1) is 31.0 Å². The molecule has 0 spiro atoms. The number of aliphatic imine (C=N–C) groups is 1. The zero-order valence-electron chi connectivity index (χ0n) is 21.8. The number of rotatable bonds is 6. The molecule has 0 bridgehead atoms. The molecule has 2 aliphatic heterocycles. The Morgan fingerprint density at radius 1 is 1.03 bits per heavy atom. The number of ether oxygens (including phenoxy) is 1. The molecule has 3 heterocycles. The summed E-state index contributed by atoms with van der Waals surface area (Å²) in [5.41, 5.74) is 8.97. The quantitative estimate of drug-likeness (QED) is 0.464. The minimum atomic E-state index is -0.116. The molecule has 1 fully saturated rings. The first-order chi connectivity index (χ1) is 17.8.